The highest BCUT2D eigenvalue weighted by Crippen LogP contribution is 2.30. The molecule has 36 heavy (non-hydrogen) atoms. The molecule has 0 bridgehead atoms. The maximum atomic E-state index is 12.6. The minimum Gasteiger partial charge on any atom is -0.493 e. The summed E-state index contributed by atoms with van der Waals surface area (Å²) in [5.74, 6) is 0.380. The van der Waals surface area contributed by atoms with Crippen molar-refractivity contribution in [2.45, 2.75) is 13.5 Å². The van der Waals surface area contributed by atoms with Gasteiger partial charge in [0.05, 0.1) is 19.3 Å². The van der Waals surface area contributed by atoms with Crippen molar-refractivity contribution in [3.63, 3.8) is 0 Å². The highest BCUT2D eigenvalue weighted by atomic mass is 16.6. The summed E-state index contributed by atoms with van der Waals surface area (Å²) >= 11 is 0. The van der Waals surface area contributed by atoms with E-state index in [9.17, 15) is 9.59 Å². The van der Waals surface area contributed by atoms with Crippen molar-refractivity contribution in [3.05, 3.63) is 83.7 Å². The zero-order chi connectivity index (χ0) is 25.1. The number of methoxy groups -OCH3 is 1. The van der Waals surface area contributed by atoms with Crippen molar-refractivity contribution in [3.8, 4) is 17.2 Å². The van der Waals surface area contributed by atoms with Gasteiger partial charge in [-0.05, 0) is 55.5 Å². The second kappa shape index (κ2) is 9.83. The summed E-state index contributed by atoms with van der Waals surface area (Å²) in [5.41, 5.74) is 1.92. The average molecular weight is 487 g/mol. The second-order valence-electron chi connectivity index (χ2n) is 7.70. The maximum Gasteiger partial charge on any atom is 0.379 e. The van der Waals surface area contributed by atoms with Crippen LogP contribution in [0.3, 0.4) is 0 Å². The van der Waals surface area contributed by atoms with Gasteiger partial charge in [-0.1, -0.05) is 17.3 Å². The zero-order valence-electron chi connectivity index (χ0n) is 19.5. The number of nitrogens with zero attached hydrogens (tertiary/aromatic N) is 1. The van der Waals surface area contributed by atoms with E-state index < -0.39 is 5.97 Å². The molecule has 0 saturated carbocycles. The fraction of sp³-hybridized carbons (Fsp3) is 0.148. The first-order chi connectivity index (χ1) is 17.6. The van der Waals surface area contributed by atoms with Crippen LogP contribution in [0.15, 0.2) is 75.7 Å². The molecule has 0 unspecified atom stereocenters. The molecule has 3 aromatic carbocycles. The van der Waals surface area contributed by atoms with Gasteiger partial charge in [0, 0.05) is 16.8 Å². The topological polar surface area (TPSA) is 110 Å². The molecule has 0 fully saturated rings. The number of furan rings is 1. The van der Waals surface area contributed by atoms with Crippen molar-refractivity contribution in [1.82, 2.24) is 5.16 Å². The number of hydrogen-bond acceptors (Lipinski definition) is 9. The molecule has 0 spiro atoms. The number of esters is 2. The van der Waals surface area contributed by atoms with Gasteiger partial charge >= 0.3 is 11.9 Å². The monoisotopic (exact) mass is 487 g/mol. The minimum absolute atomic E-state index is 0.0511. The molecule has 5 aromatic rings. The van der Waals surface area contributed by atoms with Crippen LogP contribution in [0.5, 0.6) is 17.2 Å². The molecular weight excluding hydrogens is 466 g/mol. The maximum absolute atomic E-state index is 12.6. The molecule has 0 radical (unpaired) electrons. The summed E-state index contributed by atoms with van der Waals surface area (Å²) in [6.07, 6.45) is 0. The molecule has 182 valence electrons. The second-order valence-corrected chi connectivity index (χ2v) is 7.70. The van der Waals surface area contributed by atoms with Gasteiger partial charge in [-0.15, -0.1) is 0 Å². The Hall–Kier alpha value is -4.79. The number of para-hydroxylation sites is 1. The average Bonchev–Trinajstić information content (AvgIpc) is 3.52. The highest BCUT2D eigenvalue weighted by molar-refractivity contribution is 5.95. The first kappa shape index (κ1) is 23.0. The Kier molecular flexibility index (Phi) is 6.27. The third kappa shape index (κ3) is 4.58. The molecule has 0 atom stereocenters. The Balaban J connectivity index is 1.26. The van der Waals surface area contributed by atoms with Crippen LogP contribution in [0.4, 0.5) is 0 Å². The fourth-order valence-electron chi connectivity index (χ4n) is 3.65. The molecule has 9 heteroatoms. The molecule has 9 nitrogen and oxygen atoms in total. The Labute approximate surface area is 205 Å². The highest BCUT2D eigenvalue weighted by Gasteiger charge is 2.18. The first-order valence-electron chi connectivity index (χ1n) is 11.1. The van der Waals surface area contributed by atoms with Crippen molar-refractivity contribution < 1.29 is 37.5 Å². The Morgan fingerprint density at radius 2 is 1.75 bits per heavy atom. The zero-order valence-corrected chi connectivity index (χ0v) is 19.5. The van der Waals surface area contributed by atoms with E-state index in [1.165, 1.54) is 7.11 Å². The van der Waals surface area contributed by atoms with Gasteiger partial charge in [-0.2, -0.15) is 0 Å². The van der Waals surface area contributed by atoms with Crippen LogP contribution in [0.2, 0.25) is 0 Å². The molecule has 0 amide bonds. The number of carbonyl (C=O) groups is 2. The van der Waals surface area contributed by atoms with Gasteiger partial charge in [0.2, 0.25) is 5.76 Å². The summed E-state index contributed by atoms with van der Waals surface area (Å²) in [6, 6.07) is 18.5. The van der Waals surface area contributed by atoms with Crippen molar-refractivity contribution in [2.75, 3.05) is 13.7 Å². The van der Waals surface area contributed by atoms with Crippen LogP contribution in [0.1, 0.15) is 33.5 Å². The summed E-state index contributed by atoms with van der Waals surface area (Å²) in [5, 5.41) is 5.50. The van der Waals surface area contributed by atoms with Crippen molar-refractivity contribution >= 4 is 33.9 Å². The smallest absolute Gasteiger partial charge is 0.379 e. The standard InChI is InChI=1S/C27H21NO8/c1-3-32-26(29)16-7-9-18(10-8-16)33-15-21-20-12-11-19(14-23(20)36-28-21)34-27(30)24-13-17-5-4-6-22(31-2)25(17)35-24/h4-14H,3,15H2,1-2H3. The summed E-state index contributed by atoms with van der Waals surface area (Å²) in [6.45, 7) is 2.21. The lowest BCUT2D eigenvalue weighted by Gasteiger charge is -2.06. The third-order valence-corrected chi connectivity index (χ3v) is 5.40. The molecule has 5 rings (SSSR count). The number of aromatic nitrogens is 1. The van der Waals surface area contributed by atoms with Gasteiger partial charge in [-0.25, -0.2) is 9.59 Å². The van der Waals surface area contributed by atoms with Gasteiger partial charge in [-0.3, -0.25) is 0 Å². The Morgan fingerprint density at radius 1 is 0.944 bits per heavy atom. The lowest BCUT2D eigenvalue weighted by Crippen LogP contribution is -2.07. The van der Waals surface area contributed by atoms with Crippen LogP contribution < -0.4 is 14.2 Å². The Morgan fingerprint density at radius 3 is 2.53 bits per heavy atom. The van der Waals surface area contributed by atoms with Gasteiger partial charge in [0.25, 0.3) is 0 Å². The molecule has 2 heterocycles. The van der Waals surface area contributed by atoms with E-state index in [1.807, 2.05) is 12.1 Å². The molecule has 0 aliphatic heterocycles. The van der Waals surface area contributed by atoms with E-state index in [0.29, 0.717) is 45.9 Å². The van der Waals surface area contributed by atoms with Crippen LogP contribution in [0.25, 0.3) is 21.9 Å². The number of rotatable bonds is 8. The van der Waals surface area contributed by atoms with Gasteiger partial charge in [0.1, 0.15) is 23.8 Å². The quantitative estimate of drug-likeness (QED) is 0.205. The first-order valence-corrected chi connectivity index (χ1v) is 11.1. The fourth-order valence-corrected chi connectivity index (χ4v) is 3.65. The minimum atomic E-state index is -0.651. The molecule has 0 aliphatic carbocycles. The number of ether oxygens (including phenoxy) is 4. The van der Waals surface area contributed by atoms with Crippen molar-refractivity contribution in [1.29, 1.82) is 0 Å². The Bertz CT molecular complexity index is 1550. The number of carbonyl (C=O) groups excluding carboxylic acids is 2. The summed E-state index contributed by atoms with van der Waals surface area (Å²) in [4.78, 5) is 24.4. The third-order valence-electron chi connectivity index (χ3n) is 5.40. The normalized spacial score (nSPS) is 10.9. The molecule has 0 aliphatic rings. The van der Waals surface area contributed by atoms with E-state index in [-0.39, 0.29) is 24.1 Å². The van der Waals surface area contributed by atoms with Crippen LogP contribution in [-0.4, -0.2) is 30.8 Å². The SMILES string of the molecule is CCOC(=O)c1ccc(OCc2noc3cc(OC(=O)c4cc5cccc(OC)c5o4)ccc23)cc1. The number of hydrogen-bond donors (Lipinski definition) is 0. The predicted molar refractivity (Wildman–Crippen MR) is 128 cm³/mol. The van der Waals surface area contributed by atoms with E-state index in [2.05, 4.69) is 5.16 Å². The molecule has 0 saturated heterocycles. The molecular formula is C27H21NO8. The predicted octanol–water partition coefficient (Wildman–Crippen LogP) is 5.56. The molecule has 0 N–H and O–H groups in total. The summed E-state index contributed by atoms with van der Waals surface area (Å²) in [7, 11) is 1.53. The number of fused-ring (bicyclic) bond motifs is 2. The van der Waals surface area contributed by atoms with E-state index in [1.54, 1.807) is 61.5 Å². The lowest BCUT2D eigenvalue weighted by molar-refractivity contribution is 0.0526. The molecule has 2 aromatic heterocycles. The lowest BCUT2D eigenvalue weighted by atomic mass is 10.2. The van der Waals surface area contributed by atoms with Crippen LogP contribution in [-0.2, 0) is 11.3 Å². The van der Waals surface area contributed by atoms with E-state index >= 15 is 0 Å². The number of benzene rings is 3. The summed E-state index contributed by atoms with van der Waals surface area (Å²) < 4.78 is 32.5. The van der Waals surface area contributed by atoms with Crippen LogP contribution in [0, 0.1) is 0 Å². The van der Waals surface area contributed by atoms with Gasteiger partial charge in [0.15, 0.2) is 16.9 Å². The van der Waals surface area contributed by atoms with Gasteiger partial charge < -0.3 is 27.9 Å². The largest absolute Gasteiger partial charge is 0.493 e. The van der Waals surface area contributed by atoms with E-state index in [4.69, 9.17) is 27.9 Å². The van der Waals surface area contributed by atoms with Crippen molar-refractivity contribution in [2.24, 2.45) is 0 Å². The van der Waals surface area contributed by atoms with Crippen LogP contribution >= 0.6 is 0 Å². The van der Waals surface area contributed by atoms with E-state index in [0.717, 1.165) is 5.39 Å².